The van der Waals surface area contributed by atoms with E-state index in [4.69, 9.17) is 5.10 Å². The van der Waals surface area contributed by atoms with E-state index in [0.717, 1.165) is 68.0 Å². The van der Waals surface area contributed by atoms with Gasteiger partial charge in [-0.2, -0.15) is 14.5 Å². The third-order valence-corrected chi connectivity index (χ3v) is 8.79. The molecular formula is C27H32N6O3S. The molecule has 1 amide bonds. The Balaban J connectivity index is 1.37. The van der Waals surface area contributed by atoms with E-state index in [1.807, 2.05) is 41.9 Å². The van der Waals surface area contributed by atoms with Crippen molar-refractivity contribution in [1.82, 2.24) is 19.5 Å². The smallest absolute Gasteiger partial charge is 0.271 e. The number of hydrazone groups is 1. The van der Waals surface area contributed by atoms with Crippen LogP contribution < -0.4 is 10.3 Å². The lowest BCUT2D eigenvalue weighted by atomic mass is 10.2. The van der Waals surface area contributed by atoms with Gasteiger partial charge in [-0.15, -0.1) is 0 Å². The largest absolute Gasteiger partial charge is 0.356 e. The van der Waals surface area contributed by atoms with E-state index in [0.29, 0.717) is 13.1 Å². The van der Waals surface area contributed by atoms with Gasteiger partial charge in [-0.25, -0.2) is 18.5 Å². The molecule has 1 aromatic heterocycles. The number of benzene rings is 2. The first-order valence-electron chi connectivity index (χ1n) is 12.8. The number of rotatable bonds is 7. The van der Waals surface area contributed by atoms with Crippen molar-refractivity contribution in [2.45, 2.75) is 43.9 Å². The van der Waals surface area contributed by atoms with Crippen molar-refractivity contribution >= 4 is 28.0 Å². The van der Waals surface area contributed by atoms with Crippen molar-refractivity contribution in [3.05, 3.63) is 71.4 Å². The van der Waals surface area contributed by atoms with E-state index in [1.54, 1.807) is 18.3 Å². The second-order valence-electron chi connectivity index (χ2n) is 9.46. The van der Waals surface area contributed by atoms with E-state index in [9.17, 15) is 13.2 Å². The summed E-state index contributed by atoms with van der Waals surface area (Å²) in [5, 5.41) is 9.00. The first-order valence-corrected chi connectivity index (χ1v) is 14.2. The standard InChI is InChI=1S/C27H32N6O3S/c1-21-25(27(31-15-8-9-16-31)33(30-21)23-12-4-2-5-13-23)20-28-29-26(34)22-11-10-14-24(19-22)37(35,36)32-17-6-3-7-18-32/h2,4-5,10-14,19-20H,3,6-9,15-18H2,1H3,(H,29,34)/b28-20-. The Morgan fingerprint density at radius 3 is 2.38 bits per heavy atom. The molecule has 5 rings (SSSR count). The van der Waals surface area contributed by atoms with Crippen LogP contribution in [0.1, 0.15) is 53.7 Å². The van der Waals surface area contributed by atoms with E-state index >= 15 is 0 Å². The average Bonchev–Trinajstić information content (AvgIpc) is 3.58. The molecule has 2 saturated heterocycles. The number of carbonyl (C=O) groups excluding carboxylic acids is 1. The maximum absolute atomic E-state index is 13.0. The van der Waals surface area contributed by atoms with Crippen LogP contribution in [0.25, 0.3) is 5.69 Å². The van der Waals surface area contributed by atoms with Crippen molar-refractivity contribution in [1.29, 1.82) is 0 Å². The predicted octanol–water partition coefficient (Wildman–Crippen LogP) is 3.72. The molecule has 3 heterocycles. The Morgan fingerprint density at radius 1 is 0.946 bits per heavy atom. The van der Waals surface area contributed by atoms with Gasteiger partial charge in [0, 0.05) is 31.7 Å². The number of para-hydroxylation sites is 1. The van der Waals surface area contributed by atoms with Gasteiger partial charge in [-0.1, -0.05) is 30.7 Å². The number of hydrogen-bond donors (Lipinski definition) is 1. The quantitative estimate of drug-likeness (QED) is 0.378. The van der Waals surface area contributed by atoms with Gasteiger partial charge in [0.15, 0.2) is 0 Å². The summed E-state index contributed by atoms with van der Waals surface area (Å²) in [6.07, 6.45) is 6.60. The van der Waals surface area contributed by atoms with Crippen LogP contribution in [0.5, 0.6) is 0 Å². The van der Waals surface area contributed by atoms with Crippen molar-refractivity contribution < 1.29 is 13.2 Å². The lowest BCUT2D eigenvalue weighted by Crippen LogP contribution is -2.35. The maximum Gasteiger partial charge on any atom is 0.271 e. The lowest BCUT2D eigenvalue weighted by Gasteiger charge is -2.25. The summed E-state index contributed by atoms with van der Waals surface area (Å²) < 4.78 is 29.5. The summed E-state index contributed by atoms with van der Waals surface area (Å²) in [4.78, 5) is 15.3. The molecule has 1 N–H and O–H groups in total. The Hall–Kier alpha value is -3.50. The molecule has 9 nitrogen and oxygen atoms in total. The molecule has 2 fully saturated rings. The number of aryl methyl sites for hydroxylation is 1. The summed E-state index contributed by atoms with van der Waals surface area (Å²) in [6.45, 7) is 4.82. The Labute approximate surface area is 217 Å². The van der Waals surface area contributed by atoms with Crippen LogP contribution >= 0.6 is 0 Å². The SMILES string of the molecule is Cc1nn(-c2ccccc2)c(N2CCCC2)c1/C=N\NC(=O)c1cccc(S(=O)(=O)N2CCCCC2)c1. The fourth-order valence-electron chi connectivity index (χ4n) is 4.93. The van der Waals surface area contributed by atoms with Gasteiger partial charge >= 0.3 is 0 Å². The Morgan fingerprint density at radius 2 is 1.65 bits per heavy atom. The molecule has 2 aliphatic heterocycles. The molecule has 10 heteroatoms. The Kier molecular flexibility index (Phi) is 7.38. The molecule has 0 radical (unpaired) electrons. The zero-order chi connectivity index (χ0) is 25.8. The maximum atomic E-state index is 13.0. The molecule has 0 atom stereocenters. The van der Waals surface area contributed by atoms with E-state index < -0.39 is 15.9 Å². The number of carbonyl (C=O) groups is 1. The second-order valence-corrected chi connectivity index (χ2v) is 11.4. The van der Waals surface area contributed by atoms with Crippen LogP contribution in [0, 0.1) is 6.92 Å². The molecule has 2 aliphatic rings. The van der Waals surface area contributed by atoms with Crippen molar-refractivity contribution in [3.63, 3.8) is 0 Å². The predicted molar refractivity (Wildman–Crippen MR) is 144 cm³/mol. The molecule has 0 spiro atoms. The van der Waals surface area contributed by atoms with Crippen molar-refractivity contribution in [2.24, 2.45) is 5.10 Å². The molecule has 194 valence electrons. The summed E-state index contributed by atoms with van der Waals surface area (Å²) in [7, 11) is -3.63. The van der Waals surface area contributed by atoms with Crippen LogP contribution in [-0.2, 0) is 10.0 Å². The number of nitrogens with zero attached hydrogens (tertiary/aromatic N) is 5. The van der Waals surface area contributed by atoms with Gasteiger partial charge in [0.2, 0.25) is 10.0 Å². The third kappa shape index (κ3) is 5.30. The number of hydrogen-bond acceptors (Lipinski definition) is 6. The van der Waals surface area contributed by atoms with Gasteiger partial charge in [0.05, 0.1) is 28.1 Å². The van der Waals surface area contributed by atoms with E-state index in [2.05, 4.69) is 15.4 Å². The molecule has 0 unspecified atom stereocenters. The van der Waals surface area contributed by atoms with Crippen LogP contribution in [0.4, 0.5) is 5.82 Å². The van der Waals surface area contributed by atoms with Gasteiger partial charge in [0.25, 0.3) is 5.91 Å². The van der Waals surface area contributed by atoms with Gasteiger partial charge in [-0.05, 0) is 62.9 Å². The van der Waals surface area contributed by atoms with Gasteiger partial charge in [-0.3, -0.25) is 4.79 Å². The topological polar surface area (TPSA) is 99.9 Å². The van der Waals surface area contributed by atoms with Crippen molar-refractivity contribution in [3.8, 4) is 5.69 Å². The molecule has 3 aromatic rings. The van der Waals surface area contributed by atoms with Crippen LogP contribution in [0.15, 0.2) is 64.6 Å². The summed E-state index contributed by atoms with van der Waals surface area (Å²) in [5.41, 5.74) is 5.41. The molecule has 37 heavy (non-hydrogen) atoms. The normalized spacial score (nSPS) is 16.9. The summed E-state index contributed by atoms with van der Waals surface area (Å²) in [5.74, 6) is 0.483. The highest BCUT2D eigenvalue weighted by atomic mass is 32.2. The monoisotopic (exact) mass is 520 g/mol. The second kappa shape index (κ2) is 10.9. The highest BCUT2D eigenvalue weighted by Gasteiger charge is 2.27. The van der Waals surface area contributed by atoms with Crippen LogP contribution in [0.3, 0.4) is 0 Å². The number of sulfonamides is 1. The molecular weight excluding hydrogens is 488 g/mol. The number of anilines is 1. The fraction of sp³-hybridized carbons (Fsp3) is 0.370. The minimum atomic E-state index is -3.63. The van der Waals surface area contributed by atoms with Gasteiger partial charge in [0.1, 0.15) is 5.82 Å². The zero-order valence-corrected chi connectivity index (χ0v) is 21.8. The highest BCUT2D eigenvalue weighted by molar-refractivity contribution is 7.89. The van der Waals surface area contributed by atoms with Crippen LogP contribution in [0.2, 0.25) is 0 Å². The van der Waals surface area contributed by atoms with E-state index in [1.165, 1.54) is 16.4 Å². The number of piperidine rings is 1. The van der Waals surface area contributed by atoms with Crippen molar-refractivity contribution in [2.75, 3.05) is 31.1 Å². The first-order chi connectivity index (χ1) is 17.9. The van der Waals surface area contributed by atoms with Gasteiger partial charge < -0.3 is 4.90 Å². The minimum Gasteiger partial charge on any atom is -0.356 e. The van der Waals surface area contributed by atoms with E-state index in [-0.39, 0.29) is 10.5 Å². The molecule has 0 aliphatic carbocycles. The number of aromatic nitrogens is 2. The zero-order valence-electron chi connectivity index (χ0n) is 21.0. The first kappa shape index (κ1) is 25.2. The van der Waals surface area contributed by atoms with Crippen LogP contribution in [-0.4, -0.2) is 60.8 Å². The average molecular weight is 521 g/mol. The Bertz CT molecular complexity index is 1390. The number of nitrogens with one attached hydrogen (secondary N) is 1. The molecule has 2 aromatic carbocycles. The lowest BCUT2D eigenvalue weighted by molar-refractivity contribution is 0.0955. The summed E-state index contributed by atoms with van der Waals surface area (Å²) in [6, 6.07) is 16.1. The highest BCUT2D eigenvalue weighted by Crippen LogP contribution is 2.29. The molecule has 0 saturated carbocycles. The molecule has 0 bridgehead atoms. The summed E-state index contributed by atoms with van der Waals surface area (Å²) >= 11 is 0. The third-order valence-electron chi connectivity index (χ3n) is 6.90. The fourth-order valence-corrected chi connectivity index (χ4v) is 6.50. The minimum absolute atomic E-state index is 0.127. The number of amides is 1.